The number of hydrogen-bond donors (Lipinski definition) is 1. The van der Waals surface area contributed by atoms with Crippen molar-refractivity contribution in [3.8, 4) is 11.1 Å². The predicted octanol–water partition coefficient (Wildman–Crippen LogP) is 4.58. The summed E-state index contributed by atoms with van der Waals surface area (Å²) in [4.78, 5) is 7.49. The van der Waals surface area contributed by atoms with Crippen molar-refractivity contribution in [2.45, 2.75) is 6.04 Å². The van der Waals surface area contributed by atoms with E-state index < -0.39 is 0 Å². The number of thiophene rings is 1. The highest BCUT2D eigenvalue weighted by Gasteiger charge is 2.21. The van der Waals surface area contributed by atoms with E-state index in [1.807, 2.05) is 24.8 Å². The van der Waals surface area contributed by atoms with Gasteiger partial charge in [-0.1, -0.05) is 30.3 Å². The quantitative estimate of drug-likeness (QED) is 0.588. The summed E-state index contributed by atoms with van der Waals surface area (Å²) in [5, 5.41) is 4.32. The van der Waals surface area contributed by atoms with Crippen LogP contribution in [0.4, 0.5) is 0 Å². The average molecular weight is 305 g/mol. The molecule has 1 aromatic carbocycles. The van der Waals surface area contributed by atoms with Gasteiger partial charge in [-0.05, 0) is 28.0 Å². The molecule has 1 atom stereocenters. The van der Waals surface area contributed by atoms with Crippen LogP contribution in [-0.4, -0.2) is 14.5 Å². The lowest BCUT2D eigenvalue weighted by Crippen LogP contribution is -2.09. The Bertz CT molecular complexity index is 796. The third-order valence-electron chi connectivity index (χ3n) is 3.84. The van der Waals surface area contributed by atoms with Gasteiger partial charge >= 0.3 is 0 Å². The standard InChI is InChI=1S/C18H15N3S/c1-2-4-14(5-3-1)16-10-20-11-17(16)18(15-6-9-22-12-15)21-8-7-19-13-21/h1-13,18,20H. The van der Waals surface area contributed by atoms with Crippen molar-refractivity contribution in [1.29, 1.82) is 0 Å². The van der Waals surface area contributed by atoms with Gasteiger partial charge < -0.3 is 9.55 Å². The zero-order chi connectivity index (χ0) is 14.8. The van der Waals surface area contributed by atoms with Crippen LogP contribution in [0, 0.1) is 0 Å². The number of aromatic nitrogens is 3. The summed E-state index contributed by atoms with van der Waals surface area (Å²) in [5.74, 6) is 0. The lowest BCUT2D eigenvalue weighted by atomic mass is 9.96. The first-order chi connectivity index (χ1) is 10.9. The second-order valence-corrected chi connectivity index (χ2v) is 5.94. The molecule has 0 bridgehead atoms. The van der Waals surface area contributed by atoms with Gasteiger partial charge in [0.2, 0.25) is 0 Å². The molecule has 0 aliphatic carbocycles. The summed E-state index contributed by atoms with van der Waals surface area (Å²) in [6.07, 6.45) is 9.88. The van der Waals surface area contributed by atoms with Gasteiger partial charge in [0.25, 0.3) is 0 Å². The maximum Gasteiger partial charge on any atom is 0.0954 e. The maximum absolute atomic E-state index is 4.22. The molecule has 1 unspecified atom stereocenters. The lowest BCUT2D eigenvalue weighted by molar-refractivity contribution is 0.681. The zero-order valence-corrected chi connectivity index (χ0v) is 12.7. The van der Waals surface area contributed by atoms with E-state index in [1.54, 1.807) is 11.3 Å². The largest absolute Gasteiger partial charge is 0.367 e. The molecular weight excluding hydrogens is 290 g/mol. The van der Waals surface area contributed by atoms with Gasteiger partial charge in [0.15, 0.2) is 0 Å². The minimum absolute atomic E-state index is 0.134. The van der Waals surface area contributed by atoms with Gasteiger partial charge in [0.05, 0.1) is 12.4 Å². The van der Waals surface area contributed by atoms with Crippen molar-refractivity contribution in [2.24, 2.45) is 0 Å². The van der Waals surface area contributed by atoms with Crippen molar-refractivity contribution in [3.05, 3.63) is 89.4 Å². The highest BCUT2D eigenvalue weighted by molar-refractivity contribution is 7.08. The first kappa shape index (κ1) is 13.1. The molecule has 0 saturated heterocycles. The summed E-state index contributed by atoms with van der Waals surface area (Å²) in [5.41, 5.74) is 4.98. The zero-order valence-electron chi connectivity index (χ0n) is 11.9. The Morgan fingerprint density at radius 1 is 1.09 bits per heavy atom. The normalized spacial score (nSPS) is 12.4. The molecule has 1 N–H and O–H groups in total. The Morgan fingerprint density at radius 2 is 2.00 bits per heavy atom. The summed E-state index contributed by atoms with van der Waals surface area (Å²) in [7, 11) is 0. The number of benzene rings is 1. The fourth-order valence-electron chi connectivity index (χ4n) is 2.83. The van der Waals surface area contributed by atoms with E-state index >= 15 is 0 Å². The van der Waals surface area contributed by atoms with Crippen LogP contribution in [0.3, 0.4) is 0 Å². The number of rotatable bonds is 4. The summed E-state index contributed by atoms with van der Waals surface area (Å²) >= 11 is 1.72. The van der Waals surface area contributed by atoms with E-state index in [-0.39, 0.29) is 6.04 Å². The van der Waals surface area contributed by atoms with Crippen molar-refractivity contribution < 1.29 is 0 Å². The molecule has 4 rings (SSSR count). The highest BCUT2D eigenvalue weighted by Crippen LogP contribution is 2.35. The van der Waals surface area contributed by atoms with Gasteiger partial charge in [-0.3, -0.25) is 0 Å². The minimum atomic E-state index is 0.134. The predicted molar refractivity (Wildman–Crippen MR) is 90.0 cm³/mol. The SMILES string of the molecule is c1ccc(-c2c[nH]cc2C(c2ccsc2)n2ccnc2)cc1. The monoisotopic (exact) mass is 305 g/mol. The molecule has 22 heavy (non-hydrogen) atoms. The highest BCUT2D eigenvalue weighted by atomic mass is 32.1. The van der Waals surface area contributed by atoms with Crippen LogP contribution < -0.4 is 0 Å². The first-order valence-electron chi connectivity index (χ1n) is 7.15. The smallest absolute Gasteiger partial charge is 0.0954 e. The first-order valence-corrected chi connectivity index (χ1v) is 8.09. The molecule has 3 aromatic heterocycles. The van der Waals surface area contributed by atoms with Gasteiger partial charge in [-0.2, -0.15) is 11.3 Å². The average Bonchev–Trinajstić information content (AvgIpc) is 3.32. The molecule has 0 amide bonds. The van der Waals surface area contributed by atoms with Gasteiger partial charge in [-0.25, -0.2) is 4.98 Å². The van der Waals surface area contributed by atoms with Crippen LogP contribution in [0.2, 0.25) is 0 Å². The Morgan fingerprint density at radius 3 is 2.73 bits per heavy atom. The summed E-state index contributed by atoms with van der Waals surface area (Å²) in [6.45, 7) is 0. The molecule has 0 radical (unpaired) electrons. The van der Waals surface area contributed by atoms with E-state index in [0.717, 1.165) is 0 Å². The number of nitrogens with one attached hydrogen (secondary N) is 1. The Labute approximate surface area is 132 Å². The fraction of sp³-hybridized carbons (Fsp3) is 0.0556. The second-order valence-electron chi connectivity index (χ2n) is 5.16. The molecule has 4 aromatic rings. The van der Waals surface area contributed by atoms with Crippen molar-refractivity contribution in [2.75, 3.05) is 0 Å². The molecule has 3 nitrogen and oxygen atoms in total. The van der Waals surface area contributed by atoms with Crippen LogP contribution >= 0.6 is 11.3 Å². The van der Waals surface area contributed by atoms with E-state index in [2.05, 4.69) is 68.0 Å². The topological polar surface area (TPSA) is 33.6 Å². The number of aromatic amines is 1. The molecule has 4 heteroatoms. The number of nitrogens with zero attached hydrogens (tertiary/aromatic N) is 2. The second kappa shape index (κ2) is 5.66. The Balaban J connectivity index is 1.87. The molecule has 0 aliphatic rings. The van der Waals surface area contributed by atoms with Gasteiger partial charge in [0, 0.05) is 35.9 Å². The van der Waals surface area contributed by atoms with E-state index in [4.69, 9.17) is 0 Å². The van der Waals surface area contributed by atoms with Crippen molar-refractivity contribution >= 4 is 11.3 Å². The van der Waals surface area contributed by atoms with Crippen LogP contribution in [0.5, 0.6) is 0 Å². The molecule has 0 aliphatic heterocycles. The van der Waals surface area contributed by atoms with Crippen LogP contribution in [0.25, 0.3) is 11.1 Å². The molecule has 0 fully saturated rings. The Kier molecular flexibility index (Phi) is 3.37. The van der Waals surface area contributed by atoms with E-state index in [1.165, 1.54) is 22.3 Å². The molecule has 0 spiro atoms. The minimum Gasteiger partial charge on any atom is -0.367 e. The van der Waals surface area contributed by atoms with Crippen molar-refractivity contribution in [3.63, 3.8) is 0 Å². The number of imidazole rings is 1. The molecular formula is C18H15N3S. The fourth-order valence-corrected chi connectivity index (χ4v) is 3.51. The third kappa shape index (κ3) is 2.27. The molecule has 108 valence electrons. The lowest BCUT2D eigenvalue weighted by Gasteiger charge is -2.18. The summed E-state index contributed by atoms with van der Waals surface area (Å²) in [6, 6.07) is 12.8. The van der Waals surface area contributed by atoms with Crippen LogP contribution in [0.1, 0.15) is 17.2 Å². The third-order valence-corrected chi connectivity index (χ3v) is 4.54. The van der Waals surface area contributed by atoms with Crippen LogP contribution in [-0.2, 0) is 0 Å². The molecule has 3 heterocycles. The number of hydrogen-bond acceptors (Lipinski definition) is 2. The molecule has 0 saturated carbocycles. The van der Waals surface area contributed by atoms with Gasteiger partial charge in [0.1, 0.15) is 0 Å². The van der Waals surface area contributed by atoms with Gasteiger partial charge in [-0.15, -0.1) is 0 Å². The number of H-pyrrole nitrogens is 1. The summed E-state index contributed by atoms with van der Waals surface area (Å²) < 4.78 is 2.15. The Hall–Kier alpha value is -2.59. The maximum atomic E-state index is 4.22. The van der Waals surface area contributed by atoms with Crippen molar-refractivity contribution in [1.82, 2.24) is 14.5 Å². The van der Waals surface area contributed by atoms with E-state index in [9.17, 15) is 0 Å². The van der Waals surface area contributed by atoms with E-state index in [0.29, 0.717) is 0 Å². The van der Waals surface area contributed by atoms with Crippen LogP contribution in [0.15, 0.2) is 78.3 Å².